The average Bonchev–Trinajstić information content (AvgIpc) is 2.93. The number of para-hydroxylation sites is 1. The van der Waals surface area contributed by atoms with E-state index in [0.717, 1.165) is 41.4 Å². The highest BCUT2D eigenvalue weighted by Gasteiger charge is 2.17. The summed E-state index contributed by atoms with van der Waals surface area (Å²) >= 11 is 6.52. The zero-order valence-electron chi connectivity index (χ0n) is 14.6. The maximum Gasteiger partial charge on any atom is 0.0963 e. The first-order valence-corrected chi connectivity index (χ1v) is 9.22. The van der Waals surface area contributed by atoms with Gasteiger partial charge in [-0.1, -0.05) is 61.3 Å². The van der Waals surface area contributed by atoms with Crippen LogP contribution in [0.4, 0.5) is 0 Å². The Hall–Kier alpha value is -2.32. The molecule has 0 saturated carbocycles. The second-order valence-electron chi connectivity index (χ2n) is 6.51. The summed E-state index contributed by atoms with van der Waals surface area (Å²) in [5.41, 5.74) is 5.45. The Balaban J connectivity index is 2.14. The Morgan fingerprint density at radius 3 is 2.56 bits per heavy atom. The highest BCUT2D eigenvalue weighted by atomic mass is 35.5. The van der Waals surface area contributed by atoms with Gasteiger partial charge >= 0.3 is 0 Å². The average molecular weight is 349 g/mol. The molecule has 0 aliphatic rings. The number of aryl methyl sites for hydroxylation is 2. The van der Waals surface area contributed by atoms with E-state index in [0.29, 0.717) is 0 Å². The molecule has 0 aliphatic carbocycles. The van der Waals surface area contributed by atoms with E-state index in [-0.39, 0.29) is 0 Å². The minimum atomic E-state index is 0.745. The fraction of sp³-hybridized carbons (Fsp3) is 0.227. The van der Waals surface area contributed by atoms with Gasteiger partial charge in [0.1, 0.15) is 0 Å². The smallest absolute Gasteiger partial charge is 0.0963 e. The number of hydrogen-bond donors (Lipinski definition) is 0. The second-order valence-corrected chi connectivity index (χ2v) is 6.92. The minimum Gasteiger partial charge on any atom is -0.339 e. The quantitative estimate of drug-likeness (QED) is 0.405. The molecule has 0 spiro atoms. The first kappa shape index (κ1) is 16.2. The van der Waals surface area contributed by atoms with Crippen molar-refractivity contribution in [1.29, 1.82) is 0 Å². The zero-order chi connectivity index (χ0) is 17.4. The Bertz CT molecular complexity index is 1060. The summed E-state index contributed by atoms with van der Waals surface area (Å²) in [6.45, 7) is 5.27. The molecule has 0 amide bonds. The standard InChI is InChI=1S/C22H21ClN2/c1-3-4-13-25-20-12-8-6-9-16(20)18-14-15(2)24-21(22(18)25)17-10-5-7-11-19(17)23/h5-12,14H,3-4,13H2,1-2H3. The van der Waals surface area contributed by atoms with Crippen molar-refractivity contribution in [3.8, 4) is 11.3 Å². The topological polar surface area (TPSA) is 17.8 Å². The van der Waals surface area contributed by atoms with Gasteiger partial charge in [-0.3, -0.25) is 4.98 Å². The van der Waals surface area contributed by atoms with Crippen LogP contribution in [0.2, 0.25) is 5.02 Å². The van der Waals surface area contributed by atoms with E-state index >= 15 is 0 Å². The summed E-state index contributed by atoms with van der Waals surface area (Å²) in [4.78, 5) is 4.89. The second kappa shape index (κ2) is 6.53. The summed E-state index contributed by atoms with van der Waals surface area (Å²) in [7, 11) is 0. The summed E-state index contributed by atoms with van der Waals surface area (Å²) < 4.78 is 2.42. The fourth-order valence-electron chi connectivity index (χ4n) is 3.59. The molecule has 0 saturated heterocycles. The molecule has 0 radical (unpaired) electrons. The van der Waals surface area contributed by atoms with Crippen molar-refractivity contribution in [1.82, 2.24) is 9.55 Å². The summed E-state index contributed by atoms with van der Waals surface area (Å²) in [6, 6.07) is 18.8. The molecular weight excluding hydrogens is 328 g/mol. The van der Waals surface area contributed by atoms with Crippen LogP contribution in [0, 0.1) is 6.92 Å². The van der Waals surface area contributed by atoms with Gasteiger partial charge in [-0.25, -0.2) is 0 Å². The molecule has 2 aromatic heterocycles. The van der Waals surface area contributed by atoms with E-state index in [2.05, 4.69) is 54.8 Å². The fourth-order valence-corrected chi connectivity index (χ4v) is 3.82. The van der Waals surface area contributed by atoms with Gasteiger partial charge in [-0.15, -0.1) is 0 Å². The predicted octanol–water partition coefficient (Wildman–Crippen LogP) is 6.62. The molecule has 0 atom stereocenters. The van der Waals surface area contributed by atoms with Gasteiger partial charge in [0.15, 0.2) is 0 Å². The van der Waals surface area contributed by atoms with Crippen molar-refractivity contribution in [2.75, 3.05) is 0 Å². The largest absolute Gasteiger partial charge is 0.339 e. The summed E-state index contributed by atoms with van der Waals surface area (Å²) in [5.74, 6) is 0. The highest BCUT2D eigenvalue weighted by Crippen LogP contribution is 2.37. The van der Waals surface area contributed by atoms with E-state index in [1.807, 2.05) is 18.2 Å². The van der Waals surface area contributed by atoms with Crippen molar-refractivity contribution in [3.63, 3.8) is 0 Å². The molecule has 2 heterocycles. The maximum absolute atomic E-state index is 6.52. The van der Waals surface area contributed by atoms with Gasteiger partial charge in [-0.2, -0.15) is 0 Å². The molecule has 0 unspecified atom stereocenters. The lowest BCUT2D eigenvalue weighted by atomic mass is 10.1. The highest BCUT2D eigenvalue weighted by molar-refractivity contribution is 6.33. The van der Waals surface area contributed by atoms with Crippen molar-refractivity contribution in [2.45, 2.75) is 33.2 Å². The number of halogens is 1. The van der Waals surface area contributed by atoms with Gasteiger partial charge in [0.25, 0.3) is 0 Å². The minimum absolute atomic E-state index is 0.745. The third kappa shape index (κ3) is 2.71. The number of hydrogen-bond acceptors (Lipinski definition) is 1. The molecule has 0 fully saturated rings. The van der Waals surface area contributed by atoms with Gasteiger partial charge in [-0.05, 0) is 31.5 Å². The maximum atomic E-state index is 6.52. The Kier molecular flexibility index (Phi) is 4.22. The third-order valence-corrected chi connectivity index (χ3v) is 5.07. The van der Waals surface area contributed by atoms with E-state index in [4.69, 9.17) is 16.6 Å². The monoisotopic (exact) mass is 348 g/mol. The number of fused-ring (bicyclic) bond motifs is 3. The Morgan fingerprint density at radius 1 is 1.00 bits per heavy atom. The third-order valence-electron chi connectivity index (χ3n) is 4.74. The number of nitrogens with zero attached hydrogens (tertiary/aromatic N) is 2. The Morgan fingerprint density at radius 2 is 1.76 bits per heavy atom. The zero-order valence-corrected chi connectivity index (χ0v) is 15.3. The van der Waals surface area contributed by atoms with Crippen molar-refractivity contribution < 1.29 is 0 Å². The van der Waals surface area contributed by atoms with Gasteiger partial charge in [0.2, 0.25) is 0 Å². The molecule has 4 aromatic rings. The van der Waals surface area contributed by atoms with Crippen LogP contribution >= 0.6 is 11.6 Å². The van der Waals surface area contributed by atoms with Crippen molar-refractivity contribution in [3.05, 3.63) is 65.3 Å². The van der Waals surface area contributed by atoms with E-state index in [1.54, 1.807) is 0 Å². The predicted molar refractivity (Wildman–Crippen MR) is 107 cm³/mol. The van der Waals surface area contributed by atoms with E-state index in [1.165, 1.54) is 21.8 Å². The lowest BCUT2D eigenvalue weighted by Crippen LogP contribution is -2.00. The lowest BCUT2D eigenvalue weighted by Gasteiger charge is -2.12. The summed E-state index contributed by atoms with van der Waals surface area (Å²) in [6.07, 6.45) is 2.30. The van der Waals surface area contributed by atoms with Gasteiger partial charge in [0.05, 0.1) is 16.2 Å². The molecule has 126 valence electrons. The van der Waals surface area contributed by atoms with E-state index < -0.39 is 0 Å². The molecule has 2 aromatic carbocycles. The molecule has 3 heteroatoms. The number of unbranched alkanes of at least 4 members (excludes halogenated alkanes) is 1. The van der Waals surface area contributed by atoms with Gasteiger partial charge in [0, 0.05) is 34.1 Å². The number of benzene rings is 2. The van der Waals surface area contributed by atoms with Crippen LogP contribution in [0.25, 0.3) is 33.1 Å². The van der Waals surface area contributed by atoms with Crippen LogP contribution in [0.1, 0.15) is 25.5 Å². The molecule has 2 nitrogen and oxygen atoms in total. The van der Waals surface area contributed by atoms with Crippen LogP contribution in [0.5, 0.6) is 0 Å². The molecule has 4 rings (SSSR count). The lowest BCUT2D eigenvalue weighted by molar-refractivity contribution is 0.664. The first-order chi connectivity index (χ1) is 12.2. The van der Waals surface area contributed by atoms with Gasteiger partial charge < -0.3 is 4.57 Å². The first-order valence-electron chi connectivity index (χ1n) is 8.84. The normalized spacial score (nSPS) is 11.5. The number of aromatic nitrogens is 2. The number of rotatable bonds is 4. The molecular formula is C22H21ClN2. The molecule has 0 N–H and O–H groups in total. The molecule has 0 bridgehead atoms. The van der Waals surface area contributed by atoms with Crippen molar-refractivity contribution in [2.24, 2.45) is 0 Å². The SMILES string of the molecule is CCCCn1c2ccccc2c2cc(C)nc(-c3ccccc3Cl)c21. The number of pyridine rings is 1. The summed E-state index contributed by atoms with van der Waals surface area (Å²) in [5, 5.41) is 3.29. The molecule has 25 heavy (non-hydrogen) atoms. The van der Waals surface area contributed by atoms with E-state index in [9.17, 15) is 0 Å². The van der Waals surface area contributed by atoms with Crippen LogP contribution in [-0.2, 0) is 6.54 Å². The van der Waals surface area contributed by atoms with Crippen molar-refractivity contribution >= 4 is 33.4 Å². The van der Waals surface area contributed by atoms with Crippen LogP contribution < -0.4 is 0 Å². The Labute approximate surface area is 153 Å². The van der Waals surface area contributed by atoms with Crippen LogP contribution in [-0.4, -0.2) is 9.55 Å². The van der Waals surface area contributed by atoms with Crippen LogP contribution in [0.3, 0.4) is 0 Å². The molecule has 0 aliphatic heterocycles. The van der Waals surface area contributed by atoms with Crippen LogP contribution in [0.15, 0.2) is 54.6 Å².